The third-order valence-electron chi connectivity index (χ3n) is 3.75. The molecule has 1 nitrogen and oxygen atoms in total. The molecule has 0 aliphatic rings. The monoisotopic (exact) mass is 340 g/mol. The standard InChI is InChI=1S/C18H29BrO/c1-2-3-4-5-6-7-8-9-13-18(20)15-16-11-10-12-17(19)14-16/h10-12,14,18,20H,2-9,13,15H2,1H3. The van der Waals surface area contributed by atoms with Crippen LogP contribution in [0.4, 0.5) is 0 Å². The molecule has 1 N–H and O–H groups in total. The fourth-order valence-corrected chi connectivity index (χ4v) is 3.00. The van der Waals surface area contributed by atoms with Crippen LogP contribution < -0.4 is 0 Å². The zero-order chi connectivity index (χ0) is 14.6. The average Bonchev–Trinajstić information content (AvgIpc) is 2.42. The van der Waals surface area contributed by atoms with E-state index in [1.54, 1.807) is 0 Å². The van der Waals surface area contributed by atoms with Gasteiger partial charge in [-0.15, -0.1) is 0 Å². The Morgan fingerprint density at radius 2 is 1.65 bits per heavy atom. The van der Waals surface area contributed by atoms with Crippen LogP contribution in [0.2, 0.25) is 0 Å². The van der Waals surface area contributed by atoms with Gasteiger partial charge in [-0.05, 0) is 30.5 Å². The maximum absolute atomic E-state index is 10.1. The molecular weight excluding hydrogens is 312 g/mol. The Morgan fingerprint density at radius 3 is 2.30 bits per heavy atom. The smallest absolute Gasteiger partial charge is 0.0580 e. The van der Waals surface area contributed by atoms with Gasteiger partial charge in [0.25, 0.3) is 0 Å². The van der Waals surface area contributed by atoms with E-state index in [-0.39, 0.29) is 6.10 Å². The lowest BCUT2D eigenvalue weighted by atomic mass is 10.0. The van der Waals surface area contributed by atoms with Crippen LogP contribution in [0.25, 0.3) is 0 Å². The van der Waals surface area contributed by atoms with Crippen LogP contribution in [-0.4, -0.2) is 11.2 Å². The van der Waals surface area contributed by atoms with Crippen molar-refractivity contribution in [3.63, 3.8) is 0 Å². The molecule has 1 unspecified atom stereocenters. The predicted octanol–water partition coefficient (Wildman–Crippen LogP) is 5.88. The topological polar surface area (TPSA) is 20.2 Å². The van der Waals surface area contributed by atoms with E-state index in [1.807, 2.05) is 12.1 Å². The Hall–Kier alpha value is -0.340. The Balaban J connectivity index is 2.01. The van der Waals surface area contributed by atoms with Crippen molar-refractivity contribution in [3.8, 4) is 0 Å². The minimum Gasteiger partial charge on any atom is -0.393 e. The van der Waals surface area contributed by atoms with Gasteiger partial charge in [0.05, 0.1) is 6.10 Å². The molecule has 0 radical (unpaired) electrons. The van der Waals surface area contributed by atoms with E-state index >= 15 is 0 Å². The fourth-order valence-electron chi connectivity index (χ4n) is 2.55. The van der Waals surface area contributed by atoms with E-state index in [0.717, 1.165) is 23.7 Å². The first-order valence-electron chi connectivity index (χ1n) is 8.15. The Bertz CT molecular complexity index is 351. The van der Waals surface area contributed by atoms with E-state index in [1.165, 1.54) is 50.5 Å². The van der Waals surface area contributed by atoms with Crippen molar-refractivity contribution in [2.24, 2.45) is 0 Å². The zero-order valence-corrected chi connectivity index (χ0v) is 14.4. The van der Waals surface area contributed by atoms with Gasteiger partial charge >= 0.3 is 0 Å². The Kier molecular flexibility index (Phi) is 10.0. The SMILES string of the molecule is CCCCCCCCCCC(O)Cc1cccc(Br)c1. The third-order valence-corrected chi connectivity index (χ3v) is 4.24. The molecule has 1 aromatic carbocycles. The number of rotatable bonds is 11. The summed E-state index contributed by atoms with van der Waals surface area (Å²) in [6, 6.07) is 8.23. The maximum atomic E-state index is 10.1. The van der Waals surface area contributed by atoms with Crippen LogP contribution in [0.3, 0.4) is 0 Å². The van der Waals surface area contributed by atoms with Crippen molar-refractivity contribution < 1.29 is 5.11 Å². The molecule has 0 aliphatic carbocycles. The summed E-state index contributed by atoms with van der Waals surface area (Å²) in [7, 11) is 0. The molecule has 1 rings (SSSR count). The van der Waals surface area contributed by atoms with E-state index in [9.17, 15) is 5.11 Å². The van der Waals surface area contributed by atoms with Crippen LogP contribution >= 0.6 is 15.9 Å². The molecule has 0 spiro atoms. The van der Waals surface area contributed by atoms with Gasteiger partial charge in [0.1, 0.15) is 0 Å². The van der Waals surface area contributed by atoms with Gasteiger partial charge < -0.3 is 5.11 Å². The van der Waals surface area contributed by atoms with E-state index in [2.05, 4.69) is 35.0 Å². The molecule has 0 heterocycles. The molecular formula is C18H29BrO. The van der Waals surface area contributed by atoms with Gasteiger partial charge in [-0.3, -0.25) is 0 Å². The number of unbranched alkanes of at least 4 members (excludes halogenated alkanes) is 7. The van der Waals surface area contributed by atoms with E-state index in [4.69, 9.17) is 0 Å². The summed E-state index contributed by atoms with van der Waals surface area (Å²) in [6.07, 6.45) is 12.1. The lowest BCUT2D eigenvalue weighted by Crippen LogP contribution is -2.10. The van der Waals surface area contributed by atoms with Crippen LogP contribution in [0, 0.1) is 0 Å². The van der Waals surface area contributed by atoms with Gasteiger partial charge in [-0.25, -0.2) is 0 Å². The highest BCUT2D eigenvalue weighted by Gasteiger charge is 2.05. The summed E-state index contributed by atoms with van der Waals surface area (Å²) >= 11 is 3.47. The lowest BCUT2D eigenvalue weighted by Gasteiger charge is -2.10. The molecule has 114 valence electrons. The summed E-state index contributed by atoms with van der Waals surface area (Å²) in [5.41, 5.74) is 1.21. The van der Waals surface area contributed by atoms with Crippen molar-refractivity contribution in [2.75, 3.05) is 0 Å². The molecule has 1 atom stereocenters. The second kappa shape index (κ2) is 11.3. The summed E-state index contributed by atoms with van der Waals surface area (Å²) in [4.78, 5) is 0. The molecule has 0 bridgehead atoms. The average molecular weight is 341 g/mol. The minimum absolute atomic E-state index is 0.190. The van der Waals surface area contributed by atoms with Crippen molar-refractivity contribution in [1.29, 1.82) is 0 Å². The maximum Gasteiger partial charge on any atom is 0.0580 e. The van der Waals surface area contributed by atoms with Crippen LogP contribution in [0.5, 0.6) is 0 Å². The molecule has 2 heteroatoms. The molecule has 0 aliphatic heterocycles. The van der Waals surface area contributed by atoms with Crippen LogP contribution in [0.1, 0.15) is 70.3 Å². The first-order valence-corrected chi connectivity index (χ1v) is 8.94. The van der Waals surface area contributed by atoms with Gasteiger partial charge in [0.2, 0.25) is 0 Å². The highest BCUT2D eigenvalue weighted by molar-refractivity contribution is 9.10. The molecule has 0 saturated carbocycles. The number of hydrogen-bond acceptors (Lipinski definition) is 1. The summed E-state index contributed by atoms with van der Waals surface area (Å²) < 4.78 is 1.09. The quantitative estimate of drug-likeness (QED) is 0.498. The highest BCUT2D eigenvalue weighted by atomic mass is 79.9. The molecule has 0 amide bonds. The van der Waals surface area contributed by atoms with Crippen molar-refractivity contribution in [3.05, 3.63) is 34.3 Å². The summed E-state index contributed by atoms with van der Waals surface area (Å²) in [6.45, 7) is 2.26. The van der Waals surface area contributed by atoms with Crippen LogP contribution in [0.15, 0.2) is 28.7 Å². The molecule has 1 aromatic rings. The number of aliphatic hydroxyl groups excluding tert-OH is 1. The normalized spacial score (nSPS) is 12.6. The van der Waals surface area contributed by atoms with E-state index in [0.29, 0.717) is 0 Å². The number of hydrogen-bond donors (Lipinski definition) is 1. The molecule has 0 fully saturated rings. The van der Waals surface area contributed by atoms with Gasteiger partial charge in [-0.1, -0.05) is 86.4 Å². The molecule has 20 heavy (non-hydrogen) atoms. The fraction of sp³-hybridized carbons (Fsp3) is 0.667. The lowest BCUT2D eigenvalue weighted by molar-refractivity contribution is 0.161. The van der Waals surface area contributed by atoms with Crippen LogP contribution in [-0.2, 0) is 6.42 Å². The van der Waals surface area contributed by atoms with Gasteiger partial charge in [0.15, 0.2) is 0 Å². The van der Waals surface area contributed by atoms with Crippen molar-refractivity contribution in [1.82, 2.24) is 0 Å². The number of halogens is 1. The number of aliphatic hydroxyl groups is 1. The first-order chi connectivity index (χ1) is 9.72. The third kappa shape index (κ3) is 8.76. The Labute approximate surface area is 132 Å². The second-order valence-electron chi connectivity index (χ2n) is 5.75. The largest absolute Gasteiger partial charge is 0.393 e. The van der Waals surface area contributed by atoms with E-state index < -0.39 is 0 Å². The minimum atomic E-state index is -0.190. The second-order valence-corrected chi connectivity index (χ2v) is 6.67. The summed E-state index contributed by atoms with van der Waals surface area (Å²) in [5, 5.41) is 10.1. The molecule has 0 saturated heterocycles. The molecule has 0 aromatic heterocycles. The predicted molar refractivity (Wildman–Crippen MR) is 91.1 cm³/mol. The van der Waals surface area contributed by atoms with Crippen molar-refractivity contribution in [2.45, 2.75) is 77.2 Å². The number of benzene rings is 1. The zero-order valence-electron chi connectivity index (χ0n) is 12.8. The van der Waals surface area contributed by atoms with Gasteiger partial charge in [0, 0.05) is 4.47 Å². The highest BCUT2D eigenvalue weighted by Crippen LogP contribution is 2.16. The van der Waals surface area contributed by atoms with Crippen molar-refractivity contribution >= 4 is 15.9 Å². The first kappa shape index (κ1) is 17.7. The Morgan fingerprint density at radius 1 is 1.00 bits per heavy atom. The van der Waals surface area contributed by atoms with Gasteiger partial charge in [-0.2, -0.15) is 0 Å². The summed E-state index contributed by atoms with van der Waals surface area (Å²) in [5.74, 6) is 0.